The number of thiophene rings is 1. The first kappa shape index (κ1) is 31.8. The van der Waals surface area contributed by atoms with E-state index in [0.717, 1.165) is 22.5 Å². The van der Waals surface area contributed by atoms with Crippen molar-refractivity contribution < 1.29 is 24.9 Å². The minimum Gasteiger partial charge on any atom is -0.686 e. The van der Waals surface area contributed by atoms with Crippen LogP contribution in [-0.4, -0.2) is 16.8 Å². The van der Waals surface area contributed by atoms with Crippen molar-refractivity contribution in [1.29, 1.82) is 0 Å². The van der Waals surface area contributed by atoms with E-state index in [1.54, 1.807) is 6.08 Å². The number of fused-ring (bicyclic) bond motifs is 6. The van der Waals surface area contributed by atoms with Crippen molar-refractivity contribution in [2.45, 2.75) is 72.8 Å². The molecule has 5 heteroatoms. The minimum absolute atomic E-state index is 0. The molecule has 0 unspecified atom stereocenters. The van der Waals surface area contributed by atoms with Gasteiger partial charge in [-0.3, -0.25) is 9.78 Å². The van der Waals surface area contributed by atoms with Crippen LogP contribution in [0.25, 0.3) is 48.0 Å². The molecule has 3 nitrogen and oxygen atoms in total. The van der Waals surface area contributed by atoms with E-state index in [9.17, 15) is 4.79 Å². The molecular formula is C37H38IrN2OS-2. The molecule has 0 aliphatic heterocycles. The van der Waals surface area contributed by atoms with Crippen molar-refractivity contribution in [1.82, 2.24) is 4.98 Å². The number of hydrogen-bond donors (Lipinski definition) is 0. The molecule has 0 bridgehead atoms. The fourth-order valence-electron chi connectivity index (χ4n) is 6.07. The van der Waals surface area contributed by atoms with Gasteiger partial charge in [0.15, 0.2) is 5.78 Å². The van der Waals surface area contributed by atoms with Gasteiger partial charge in [-0.2, -0.15) is 5.70 Å². The molecule has 0 fully saturated rings. The van der Waals surface area contributed by atoms with Gasteiger partial charge in [0.05, 0.1) is 5.52 Å². The fourth-order valence-corrected chi connectivity index (χ4v) is 7.46. The van der Waals surface area contributed by atoms with Crippen LogP contribution in [0.15, 0.2) is 78.5 Å². The summed E-state index contributed by atoms with van der Waals surface area (Å²) in [5.41, 5.74) is 9.46. The Morgan fingerprint density at radius 3 is 2.29 bits per heavy atom. The van der Waals surface area contributed by atoms with Crippen molar-refractivity contribution in [3.63, 3.8) is 0 Å². The molecule has 0 amide bonds. The molecule has 219 valence electrons. The van der Waals surface area contributed by atoms with Crippen LogP contribution in [0.3, 0.4) is 0 Å². The van der Waals surface area contributed by atoms with Gasteiger partial charge in [-0.15, -0.1) is 46.7 Å². The van der Waals surface area contributed by atoms with E-state index < -0.39 is 0 Å². The van der Waals surface area contributed by atoms with Gasteiger partial charge in [0.1, 0.15) is 0 Å². The number of allylic oxidation sites excluding steroid dienone is 2. The fraction of sp³-hybridized carbons (Fsp3) is 0.297. The molecule has 1 aliphatic rings. The number of aromatic nitrogens is 1. The summed E-state index contributed by atoms with van der Waals surface area (Å²) in [5, 5.41) is 6.78. The summed E-state index contributed by atoms with van der Waals surface area (Å²) in [4.78, 5) is 17.0. The number of carbonyl (C=O) groups excluding carboxylic acids is 1. The van der Waals surface area contributed by atoms with Gasteiger partial charge in [-0.05, 0) is 58.7 Å². The molecular weight excluding hydrogens is 713 g/mol. The zero-order valence-electron chi connectivity index (χ0n) is 25.6. The van der Waals surface area contributed by atoms with Crippen LogP contribution in [0.5, 0.6) is 0 Å². The SMILES string of the molecule is CC(=O)/C=C(/C)[N-]C(C)C.CC(C)c1cc(-c2[c-]ccc3c2C(C)(C)c2c-3sc3ccccc23)nc2ccccc12.[Ir]. The summed E-state index contributed by atoms with van der Waals surface area (Å²) >= 11 is 1.91. The summed E-state index contributed by atoms with van der Waals surface area (Å²) < 4.78 is 1.37. The number of para-hydroxylation sites is 1. The second kappa shape index (κ2) is 12.6. The Hall–Kier alpha value is -3.11. The average Bonchev–Trinajstić information content (AvgIpc) is 3.41. The Labute approximate surface area is 267 Å². The van der Waals surface area contributed by atoms with Crippen LogP contribution in [0.4, 0.5) is 0 Å². The maximum absolute atomic E-state index is 10.5. The number of carbonyl (C=O) groups is 1. The van der Waals surface area contributed by atoms with Crippen molar-refractivity contribution in [2.24, 2.45) is 0 Å². The van der Waals surface area contributed by atoms with Crippen LogP contribution >= 0.6 is 11.3 Å². The molecule has 2 heterocycles. The number of benzene rings is 3. The third kappa shape index (κ3) is 6.01. The summed E-state index contributed by atoms with van der Waals surface area (Å²) in [6, 6.07) is 27.8. The monoisotopic (exact) mass is 751 g/mol. The zero-order chi connectivity index (χ0) is 29.5. The van der Waals surface area contributed by atoms with Crippen molar-refractivity contribution in [2.75, 3.05) is 0 Å². The van der Waals surface area contributed by atoms with Crippen molar-refractivity contribution in [3.8, 4) is 21.7 Å². The molecule has 1 aliphatic carbocycles. The van der Waals surface area contributed by atoms with Gasteiger partial charge in [-0.1, -0.05) is 96.5 Å². The second-order valence-corrected chi connectivity index (χ2v) is 13.0. The van der Waals surface area contributed by atoms with E-state index in [1.165, 1.54) is 49.5 Å². The smallest absolute Gasteiger partial charge is 0.151 e. The number of hydrogen-bond acceptors (Lipinski definition) is 3. The first-order valence-electron chi connectivity index (χ1n) is 14.4. The summed E-state index contributed by atoms with van der Waals surface area (Å²) in [6.45, 7) is 16.6. The summed E-state index contributed by atoms with van der Waals surface area (Å²) in [6.07, 6.45) is 1.54. The summed E-state index contributed by atoms with van der Waals surface area (Å²) in [5.74, 6) is 0.490. The van der Waals surface area contributed by atoms with E-state index >= 15 is 0 Å². The van der Waals surface area contributed by atoms with Crippen LogP contribution in [0.2, 0.25) is 0 Å². The predicted molar refractivity (Wildman–Crippen MR) is 176 cm³/mol. The zero-order valence-corrected chi connectivity index (χ0v) is 28.8. The molecule has 3 aromatic carbocycles. The predicted octanol–water partition coefficient (Wildman–Crippen LogP) is 10.6. The number of rotatable bonds is 5. The van der Waals surface area contributed by atoms with E-state index in [1.807, 2.05) is 32.1 Å². The van der Waals surface area contributed by atoms with Crippen molar-refractivity contribution in [3.05, 3.63) is 107 Å². The molecule has 0 saturated heterocycles. The Bertz CT molecular complexity index is 1790. The molecule has 0 saturated carbocycles. The summed E-state index contributed by atoms with van der Waals surface area (Å²) in [7, 11) is 0. The first-order valence-corrected chi connectivity index (χ1v) is 15.2. The van der Waals surface area contributed by atoms with Gasteiger partial charge in [0.25, 0.3) is 0 Å². The van der Waals surface area contributed by atoms with Gasteiger partial charge in [0.2, 0.25) is 0 Å². The molecule has 0 atom stereocenters. The Balaban J connectivity index is 0.000000320. The number of nitrogens with zero attached hydrogens (tertiary/aromatic N) is 2. The Kier molecular flexibility index (Phi) is 9.57. The quantitative estimate of drug-likeness (QED) is 0.133. The van der Waals surface area contributed by atoms with E-state index in [2.05, 4.69) is 106 Å². The van der Waals surface area contributed by atoms with E-state index in [4.69, 9.17) is 4.98 Å². The molecule has 1 radical (unpaired) electrons. The largest absolute Gasteiger partial charge is 0.686 e. The standard InChI is InChI=1S/C29H24NS.C8H15NO.Ir/c1-17(2)22-16-24(30-23-14-7-5-10-18(22)23)19-12-9-13-21-26(19)29(3,4)27-20-11-6-8-15-25(20)31-28(21)27;1-6(2)9-7(3)5-8(4)10;/h5-11,13-17H,1-4H3;5-6H,1-4H3,(H,9,10);/q-1;;/p-1. The molecule has 0 spiro atoms. The Morgan fingerprint density at radius 1 is 0.952 bits per heavy atom. The third-order valence-corrected chi connectivity index (χ3v) is 8.79. The average molecular weight is 751 g/mol. The molecule has 6 rings (SSSR count). The number of pyridine rings is 1. The van der Waals surface area contributed by atoms with Gasteiger partial charge < -0.3 is 5.32 Å². The topological polar surface area (TPSA) is 44.1 Å². The van der Waals surface area contributed by atoms with E-state index in [0.29, 0.717) is 5.92 Å². The van der Waals surface area contributed by atoms with Crippen LogP contribution < -0.4 is 0 Å². The first-order chi connectivity index (χ1) is 19.5. The molecule has 42 heavy (non-hydrogen) atoms. The molecule has 0 N–H and O–H groups in total. The third-order valence-electron chi connectivity index (χ3n) is 7.59. The maximum atomic E-state index is 10.5. The van der Waals surface area contributed by atoms with Gasteiger partial charge in [0, 0.05) is 35.1 Å². The van der Waals surface area contributed by atoms with E-state index in [-0.39, 0.29) is 37.3 Å². The van der Waals surface area contributed by atoms with Crippen LogP contribution in [0.1, 0.15) is 78.0 Å². The normalized spacial score (nSPS) is 13.4. The maximum Gasteiger partial charge on any atom is 0.151 e. The van der Waals surface area contributed by atoms with Crippen molar-refractivity contribution >= 4 is 38.1 Å². The molecule has 2 aromatic heterocycles. The Morgan fingerprint density at radius 2 is 1.62 bits per heavy atom. The van der Waals surface area contributed by atoms with Gasteiger partial charge in [-0.25, -0.2) is 0 Å². The second-order valence-electron chi connectivity index (χ2n) is 12.0. The minimum atomic E-state index is -0.0946. The van der Waals surface area contributed by atoms with Crippen LogP contribution in [0, 0.1) is 6.07 Å². The van der Waals surface area contributed by atoms with Gasteiger partial charge >= 0.3 is 0 Å². The number of ketones is 1. The van der Waals surface area contributed by atoms with Crippen LogP contribution in [-0.2, 0) is 30.3 Å². The molecule has 5 aromatic rings.